The number of nitrogens with one attached hydrogen (secondary N) is 1. The van der Waals surface area contributed by atoms with E-state index in [0.29, 0.717) is 17.6 Å². The number of hydrogen-bond acceptors (Lipinski definition) is 6. The van der Waals surface area contributed by atoms with Crippen LogP contribution in [0.5, 0.6) is 0 Å². The van der Waals surface area contributed by atoms with Crippen LogP contribution in [-0.4, -0.2) is 27.7 Å². The topological polar surface area (TPSA) is 101 Å². The first-order valence-corrected chi connectivity index (χ1v) is 5.94. The number of aliphatic hydroxyl groups is 1. The maximum Gasteiger partial charge on any atom is 0.295 e. The smallest absolute Gasteiger partial charge is 0.295 e. The maximum absolute atomic E-state index is 10.6. The lowest BCUT2D eigenvalue weighted by atomic mass is 10.1. The Bertz CT molecular complexity index is 594. The second kappa shape index (κ2) is 5.23. The Morgan fingerprint density at radius 3 is 2.89 bits per heavy atom. The van der Waals surface area contributed by atoms with Gasteiger partial charge in [-0.2, -0.15) is 4.98 Å². The first-order chi connectivity index (χ1) is 8.97. The summed E-state index contributed by atoms with van der Waals surface area (Å²) in [6, 6.07) is 4.46. The van der Waals surface area contributed by atoms with E-state index in [1.807, 2.05) is 13.8 Å². The molecule has 0 saturated carbocycles. The SMILES string of the molecule is CC(C)C(O)CNc1nc2cc([N+](=O)[O-])ccc2o1. The molecular weight excluding hydrogens is 250 g/mol. The van der Waals surface area contributed by atoms with Gasteiger partial charge in [0.25, 0.3) is 11.7 Å². The van der Waals surface area contributed by atoms with Crippen LogP contribution in [-0.2, 0) is 0 Å². The Kier molecular flexibility index (Phi) is 3.66. The molecule has 1 aromatic heterocycles. The van der Waals surface area contributed by atoms with Crippen molar-refractivity contribution in [1.82, 2.24) is 4.98 Å². The van der Waals surface area contributed by atoms with Gasteiger partial charge in [0.2, 0.25) is 0 Å². The Labute approximate surface area is 109 Å². The zero-order valence-corrected chi connectivity index (χ0v) is 10.7. The number of non-ortho nitro benzene ring substituents is 1. The molecule has 1 unspecified atom stereocenters. The summed E-state index contributed by atoms with van der Waals surface area (Å²) < 4.78 is 5.38. The highest BCUT2D eigenvalue weighted by molar-refractivity contribution is 5.77. The van der Waals surface area contributed by atoms with Crippen molar-refractivity contribution >= 4 is 22.8 Å². The normalized spacial score (nSPS) is 12.8. The largest absolute Gasteiger partial charge is 0.424 e. The highest BCUT2D eigenvalue weighted by Crippen LogP contribution is 2.23. The Morgan fingerprint density at radius 2 is 2.26 bits per heavy atom. The molecule has 0 radical (unpaired) electrons. The molecule has 0 spiro atoms. The molecule has 1 aromatic carbocycles. The van der Waals surface area contributed by atoms with Gasteiger partial charge in [-0.3, -0.25) is 10.1 Å². The minimum atomic E-state index is -0.510. The number of anilines is 1. The summed E-state index contributed by atoms with van der Waals surface area (Å²) in [5.41, 5.74) is 0.845. The summed E-state index contributed by atoms with van der Waals surface area (Å²) in [6.45, 7) is 4.12. The van der Waals surface area contributed by atoms with Crippen molar-refractivity contribution in [2.45, 2.75) is 20.0 Å². The number of nitro benzene ring substituents is 1. The maximum atomic E-state index is 10.6. The fourth-order valence-corrected chi connectivity index (χ4v) is 1.53. The molecular formula is C12H15N3O4. The van der Waals surface area contributed by atoms with Crippen molar-refractivity contribution in [3.63, 3.8) is 0 Å². The van der Waals surface area contributed by atoms with Gasteiger partial charge < -0.3 is 14.8 Å². The van der Waals surface area contributed by atoms with Crippen LogP contribution in [0.4, 0.5) is 11.7 Å². The minimum Gasteiger partial charge on any atom is -0.424 e. The minimum absolute atomic E-state index is 0.0328. The first kappa shape index (κ1) is 13.3. The van der Waals surface area contributed by atoms with E-state index in [-0.39, 0.29) is 17.6 Å². The van der Waals surface area contributed by atoms with Crippen LogP contribution in [0.3, 0.4) is 0 Å². The van der Waals surface area contributed by atoms with Crippen LogP contribution >= 0.6 is 0 Å². The average Bonchev–Trinajstić information content (AvgIpc) is 2.77. The number of aliphatic hydroxyl groups excluding tert-OH is 1. The molecule has 1 heterocycles. The zero-order valence-electron chi connectivity index (χ0n) is 10.7. The Morgan fingerprint density at radius 1 is 1.53 bits per heavy atom. The second-order valence-electron chi connectivity index (χ2n) is 4.62. The van der Waals surface area contributed by atoms with Gasteiger partial charge in [0.1, 0.15) is 5.52 Å². The number of aromatic nitrogens is 1. The molecule has 0 aliphatic carbocycles. The standard InChI is InChI=1S/C12H15N3O4/c1-7(2)10(16)6-13-12-14-9-5-8(15(17)18)3-4-11(9)19-12/h3-5,7,10,16H,6H2,1-2H3,(H,13,14). The van der Waals surface area contributed by atoms with Gasteiger partial charge >= 0.3 is 0 Å². The molecule has 0 aliphatic heterocycles. The van der Waals surface area contributed by atoms with Crippen LogP contribution in [0.25, 0.3) is 11.1 Å². The van der Waals surface area contributed by atoms with Crippen LogP contribution in [0, 0.1) is 16.0 Å². The van der Waals surface area contributed by atoms with E-state index in [1.165, 1.54) is 18.2 Å². The van der Waals surface area contributed by atoms with Crippen molar-refractivity contribution in [3.05, 3.63) is 28.3 Å². The molecule has 2 rings (SSSR count). The van der Waals surface area contributed by atoms with Gasteiger partial charge in [0.15, 0.2) is 5.58 Å². The molecule has 2 N–H and O–H groups in total. The van der Waals surface area contributed by atoms with E-state index < -0.39 is 11.0 Å². The number of oxazole rings is 1. The van der Waals surface area contributed by atoms with Crippen molar-refractivity contribution < 1.29 is 14.4 Å². The summed E-state index contributed by atoms with van der Waals surface area (Å²) in [5.74, 6) is 0.123. The lowest BCUT2D eigenvalue weighted by Crippen LogP contribution is -2.24. The highest BCUT2D eigenvalue weighted by atomic mass is 16.6. The third-order valence-corrected chi connectivity index (χ3v) is 2.81. The highest BCUT2D eigenvalue weighted by Gasteiger charge is 2.13. The number of benzene rings is 1. The van der Waals surface area contributed by atoms with E-state index in [9.17, 15) is 15.2 Å². The molecule has 0 saturated heterocycles. The molecule has 0 aliphatic rings. The molecule has 1 atom stereocenters. The Hall–Kier alpha value is -2.15. The summed E-state index contributed by atoms with van der Waals surface area (Å²) >= 11 is 0. The molecule has 102 valence electrons. The van der Waals surface area contributed by atoms with Gasteiger partial charge in [0.05, 0.1) is 11.0 Å². The third kappa shape index (κ3) is 3.00. The predicted molar refractivity (Wildman–Crippen MR) is 70.0 cm³/mol. The molecule has 19 heavy (non-hydrogen) atoms. The quantitative estimate of drug-likeness (QED) is 0.634. The van der Waals surface area contributed by atoms with Crippen molar-refractivity contribution in [3.8, 4) is 0 Å². The van der Waals surface area contributed by atoms with Gasteiger partial charge in [-0.15, -0.1) is 0 Å². The number of hydrogen-bond donors (Lipinski definition) is 2. The van der Waals surface area contributed by atoms with E-state index >= 15 is 0 Å². The van der Waals surface area contributed by atoms with E-state index in [1.54, 1.807) is 0 Å². The van der Waals surface area contributed by atoms with Gasteiger partial charge in [-0.25, -0.2) is 0 Å². The average molecular weight is 265 g/mol. The van der Waals surface area contributed by atoms with E-state index in [0.717, 1.165) is 0 Å². The predicted octanol–water partition coefficient (Wildman–Crippen LogP) is 2.16. The molecule has 0 fully saturated rings. The van der Waals surface area contributed by atoms with Crippen molar-refractivity contribution in [1.29, 1.82) is 0 Å². The molecule has 2 aromatic rings. The number of nitro groups is 1. The first-order valence-electron chi connectivity index (χ1n) is 5.94. The molecule has 7 heteroatoms. The molecule has 0 amide bonds. The lowest BCUT2D eigenvalue weighted by Gasteiger charge is -2.13. The fourth-order valence-electron chi connectivity index (χ4n) is 1.53. The van der Waals surface area contributed by atoms with Crippen LogP contribution in [0.1, 0.15) is 13.8 Å². The lowest BCUT2D eigenvalue weighted by molar-refractivity contribution is -0.384. The molecule has 0 bridgehead atoms. The molecule has 7 nitrogen and oxygen atoms in total. The summed E-state index contributed by atoms with van der Waals surface area (Å²) in [7, 11) is 0. The van der Waals surface area contributed by atoms with Crippen molar-refractivity contribution in [2.75, 3.05) is 11.9 Å². The van der Waals surface area contributed by atoms with Crippen molar-refractivity contribution in [2.24, 2.45) is 5.92 Å². The summed E-state index contributed by atoms with van der Waals surface area (Å²) in [5, 5.41) is 23.2. The third-order valence-electron chi connectivity index (χ3n) is 2.81. The van der Waals surface area contributed by atoms with Gasteiger partial charge in [0, 0.05) is 18.7 Å². The van der Waals surface area contributed by atoms with E-state index in [2.05, 4.69) is 10.3 Å². The number of fused-ring (bicyclic) bond motifs is 1. The number of nitrogens with zero attached hydrogens (tertiary/aromatic N) is 2. The van der Waals surface area contributed by atoms with Crippen LogP contribution in [0.15, 0.2) is 22.6 Å². The zero-order chi connectivity index (χ0) is 14.0. The second-order valence-corrected chi connectivity index (χ2v) is 4.62. The van der Waals surface area contributed by atoms with E-state index in [4.69, 9.17) is 4.42 Å². The number of rotatable bonds is 5. The summed E-state index contributed by atoms with van der Waals surface area (Å²) in [6.07, 6.45) is -0.510. The van der Waals surface area contributed by atoms with Crippen LogP contribution < -0.4 is 5.32 Å². The fraction of sp³-hybridized carbons (Fsp3) is 0.417. The van der Waals surface area contributed by atoms with Gasteiger partial charge in [-0.1, -0.05) is 13.8 Å². The summed E-state index contributed by atoms with van der Waals surface area (Å²) in [4.78, 5) is 14.3. The van der Waals surface area contributed by atoms with Crippen LogP contribution in [0.2, 0.25) is 0 Å². The monoisotopic (exact) mass is 265 g/mol. The van der Waals surface area contributed by atoms with Gasteiger partial charge in [-0.05, 0) is 12.0 Å². The Balaban J connectivity index is 2.15.